The molecule has 2 heterocycles. The summed E-state index contributed by atoms with van der Waals surface area (Å²) in [5.74, 6) is 0.515. The van der Waals surface area contributed by atoms with Crippen LogP contribution in [0.5, 0.6) is 0 Å². The average molecular weight is 406 g/mol. The Morgan fingerprint density at radius 2 is 1.85 bits per heavy atom. The van der Waals surface area contributed by atoms with Crippen LogP contribution in [0.2, 0.25) is 0 Å². The van der Waals surface area contributed by atoms with E-state index in [1.807, 2.05) is 12.3 Å². The molecular weight excluding hydrogens is 383 g/mol. The van der Waals surface area contributed by atoms with E-state index in [-0.39, 0.29) is 12.0 Å². The number of guanidine groups is 1. The predicted molar refractivity (Wildman–Crippen MR) is 99.6 cm³/mol. The van der Waals surface area contributed by atoms with E-state index in [1.165, 1.54) is 0 Å². The molecule has 0 aliphatic heterocycles. The van der Waals surface area contributed by atoms with Gasteiger partial charge in [0.1, 0.15) is 5.01 Å². The number of thiazole rings is 2. The third-order valence-electron chi connectivity index (χ3n) is 3.19. The second-order valence-corrected chi connectivity index (χ2v) is 8.37. The molecule has 0 spiro atoms. The number of hydrogen-bond donors (Lipinski definition) is 2. The van der Waals surface area contributed by atoms with Gasteiger partial charge in [0, 0.05) is 22.7 Å². The van der Waals surface area contributed by atoms with E-state index in [0.717, 1.165) is 27.4 Å². The molecule has 2 aromatic heterocycles. The van der Waals surface area contributed by atoms with Crippen LogP contribution in [0.1, 0.15) is 49.1 Å². The van der Waals surface area contributed by atoms with Crippen molar-refractivity contribution in [2.45, 2.75) is 52.4 Å². The molecule has 0 radical (unpaired) electrons. The molecule has 2 N–H and O–H groups in total. The van der Waals surface area contributed by atoms with Gasteiger partial charge in [-0.1, -0.05) is 20.8 Å². The van der Waals surface area contributed by atoms with Crippen molar-refractivity contribution >= 4 is 28.6 Å². The molecule has 0 atom stereocenters. The van der Waals surface area contributed by atoms with Crippen LogP contribution in [0.3, 0.4) is 0 Å². The summed E-state index contributed by atoms with van der Waals surface area (Å²) in [6, 6.07) is 0. The molecular formula is C16H22F3N5S2. The second kappa shape index (κ2) is 8.34. The molecule has 144 valence electrons. The van der Waals surface area contributed by atoms with Gasteiger partial charge in [0.2, 0.25) is 0 Å². The lowest BCUT2D eigenvalue weighted by atomic mass is 9.98. The third-order valence-corrected chi connectivity index (χ3v) is 5.35. The van der Waals surface area contributed by atoms with Crippen LogP contribution >= 0.6 is 22.7 Å². The van der Waals surface area contributed by atoms with Gasteiger partial charge in [-0.15, -0.1) is 22.7 Å². The molecule has 0 saturated heterocycles. The van der Waals surface area contributed by atoms with Crippen molar-refractivity contribution < 1.29 is 13.2 Å². The van der Waals surface area contributed by atoms with E-state index in [2.05, 4.69) is 46.4 Å². The van der Waals surface area contributed by atoms with Gasteiger partial charge >= 0.3 is 6.18 Å². The lowest BCUT2D eigenvalue weighted by Crippen LogP contribution is -2.36. The summed E-state index contributed by atoms with van der Waals surface area (Å²) in [5.41, 5.74) is 0.000288. The van der Waals surface area contributed by atoms with Gasteiger partial charge in [-0.3, -0.25) is 0 Å². The fraction of sp³-hybridized carbons (Fsp3) is 0.562. The Kier molecular flexibility index (Phi) is 6.62. The normalized spacial score (nSPS) is 13.1. The number of hydrogen-bond acceptors (Lipinski definition) is 5. The minimum atomic E-state index is -4.41. The summed E-state index contributed by atoms with van der Waals surface area (Å²) >= 11 is 2.57. The highest BCUT2D eigenvalue weighted by Gasteiger charge is 2.33. The van der Waals surface area contributed by atoms with E-state index in [4.69, 9.17) is 0 Å². The summed E-state index contributed by atoms with van der Waals surface area (Å²) in [6.07, 6.45) is -4.41. The molecule has 0 aliphatic rings. The first-order valence-electron chi connectivity index (χ1n) is 8.08. The Labute approximate surface area is 158 Å². The smallest absolute Gasteiger partial charge is 0.357 e. The van der Waals surface area contributed by atoms with Crippen LogP contribution in [0.25, 0.3) is 0 Å². The molecule has 0 aromatic carbocycles. The monoisotopic (exact) mass is 405 g/mol. The first kappa shape index (κ1) is 20.6. The molecule has 5 nitrogen and oxygen atoms in total. The Morgan fingerprint density at radius 3 is 2.38 bits per heavy atom. The first-order valence-corrected chi connectivity index (χ1v) is 9.84. The maximum absolute atomic E-state index is 12.6. The summed E-state index contributed by atoms with van der Waals surface area (Å²) in [6.45, 7) is 9.45. The molecule has 0 saturated carbocycles. The Morgan fingerprint density at radius 1 is 1.12 bits per heavy atom. The standard InChI is InChI=1S/C16H22F3N5S2/c1-5-20-14(21-6-10-8-26-13(23-10)15(2,3)4)22-7-12-24-11(9-25-12)16(17,18)19/h8-9H,5-7H2,1-4H3,(H2,20,21,22). The highest BCUT2D eigenvalue weighted by atomic mass is 32.1. The first-order chi connectivity index (χ1) is 12.1. The van der Waals surface area contributed by atoms with Gasteiger partial charge in [-0.25, -0.2) is 15.0 Å². The number of rotatable bonds is 5. The van der Waals surface area contributed by atoms with E-state index >= 15 is 0 Å². The van der Waals surface area contributed by atoms with Crippen molar-refractivity contribution in [1.29, 1.82) is 0 Å². The van der Waals surface area contributed by atoms with Crippen molar-refractivity contribution in [3.8, 4) is 0 Å². The fourth-order valence-corrected chi connectivity index (χ4v) is 3.55. The van der Waals surface area contributed by atoms with E-state index < -0.39 is 11.9 Å². The largest absolute Gasteiger partial charge is 0.434 e. The molecule has 0 fully saturated rings. The Bertz CT molecular complexity index is 744. The molecule has 2 rings (SSSR count). The van der Waals surface area contributed by atoms with Crippen molar-refractivity contribution in [2.75, 3.05) is 6.54 Å². The molecule has 2 aromatic rings. The number of aromatic nitrogens is 2. The number of nitrogens with one attached hydrogen (secondary N) is 2. The fourth-order valence-electron chi connectivity index (χ4n) is 1.91. The van der Waals surface area contributed by atoms with Gasteiger partial charge < -0.3 is 10.6 Å². The number of halogens is 3. The van der Waals surface area contributed by atoms with Gasteiger partial charge in [0.25, 0.3) is 0 Å². The molecule has 0 amide bonds. The van der Waals surface area contributed by atoms with Crippen LogP contribution < -0.4 is 10.6 Å². The maximum Gasteiger partial charge on any atom is 0.434 e. The zero-order valence-electron chi connectivity index (χ0n) is 15.1. The number of aliphatic imine (C=N–C) groups is 1. The summed E-state index contributed by atoms with van der Waals surface area (Å²) in [7, 11) is 0. The van der Waals surface area contributed by atoms with E-state index in [1.54, 1.807) is 11.3 Å². The highest BCUT2D eigenvalue weighted by Crippen LogP contribution is 2.30. The minimum Gasteiger partial charge on any atom is -0.357 e. The summed E-state index contributed by atoms with van der Waals surface area (Å²) in [5, 5.41) is 10.5. The van der Waals surface area contributed by atoms with Gasteiger partial charge in [0.05, 0.1) is 23.8 Å². The number of nitrogens with zero attached hydrogens (tertiary/aromatic N) is 3. The molecule has 10 heteroatoms. The van der Waals surface area contributed by atoms with Gasteiger partial charge in [0.15, 0.2) is 11.7 Å². The average Bonchev–Trinajstić information content (AvgIpc) is 3.18. The Balaban J connectivity index is 1.98. The van der Waals surface area contributed by atoms with Gasteiger partial charge in [-0.05, 0) is 6.92 Å². The highest BCUT2D eigenvalue weighted by molar-refractivity contribution is 7.10. The zero-order chi connectivity index (χ0) is 19.4. The lowest BCUT2D eigenvalue weighted by Gasteiger charge is -2.13. The van der Waals surface area contributed by atoms with Crippen LogP contribution in [-0.2, 0) is 24.7 Å². The summed E-state index contributed by atoms with van der Waals surface area (Å²) in [4.78, 5) is 12.6. The molecule has 0 unspecified atom stereocenters. The van der Waals surface area contributed by atoms with Crippen molar-refractivity contribution in [3.05, 3.63) is 32.2 Å². The Hall–Kier alpha value is -1.68. The molecule has 0 aliphatic carbocycles. The second-order valence-electron chi connectivity index (χ2n) is 6.57. The van der Waals surface area contributed by atoms with E-state index in [0.29, 0.717) is 24.1 Å². The third kappa shape index (κ3) is 5.94. The van der Waals surface area contributed by atoms with Crippen molar-refractivity contribution in [3.63, 3.8) is 0 Å². The van der Waals surface area contributed by atoms with E-state index in [9.17, 15) is 13.2 Å². The molecule has 26 heavy (non-hydrogen) atoms. The lowest BCUT2D eigenvalue weighted by molar-refractivity contribution is -0.140. The predicted octanol–water partition coefficient (Wildman–Crippen LogP) is 4.17. The topological polar surface area (TPSA) is 62.2 Å². The van der Waals surface area contributed by atoms with Crippen LogP contribution in [0.4, 0.5) is 13.2 Å². The zero-order valence-corrected chi connectivity index (χ0v) is 16.7. The summed E-state index contributed by atoms with van der Waals surface area (Å²) < 4.78 is 37.8. The van der Waals surface area contributed by atoms with Crippen LogP contribution in [-0.4, -0.2) is 22.5 Å². The molecule has 0 bridgehead atoms. The van der Waals surface area contributed by atoms with Crippen molar-refractivity contribution in [2.24, 2.45) is 4.99 Å². The number of alkyl halides is 3. The quantitative estimate of drug-likeness (QED) is 0.579. The SMILES string of the molecule is CCNC(=NCc1csc(C(C)(C)C)n1)NCc1nc(C(F)(F)F)cs1. The van der Waals surface area contributed by atoms with Crippen LogP contribution in [0, 0.1) is 0 Å². The maximum atomic E-state index is 12.6. The van der Waals surface area contributed by atoms with Crippen molar-refractivity contribution in [1.82, 2.24) is 20.6 Å². The van der Waals surface area contributed by atoms with Crippen LogP contribution in [0.15, 0.2) is 15.8 Å². The van der Waals surface area contributed by atoms with Gasteiger partial charge in [-0.2, -0.15) is 13.2 Å². The minimum absolute atomic E-state index is 0.00356.